The van der Waals surface area contributed by atoms with Gasteiger partial charge in [-0.2, -0.15) is 13.2 Å². The Labute approximate surface area is 186 Å². The van der Waals surface area contributed by atoms with E-state index in [1.807, 2.05) is 19.1 Å². The molecule has 9 heteroatoms. The zero-order chi connectivity index (χ0) is 22.9. The van der Waals surface area contributed by atoms with Gasteiger partial charge in [0, 0.05) is 21.8 Å². The van der Waals surface area contributed by atoms with Crippen LogP contribution < -0.4 is 10.6 Å². The van der Waals surface area contributed by atoms with Crippen molar-refractivity contribution in [1.29, 1.82) is 0 Å². The highest BCUT2D eigenvalue weighted by Crippen LogP contribution is 2.31. The monoisotopic (exact) mass is 456 g/mol. The molecule has 0 saturated heterocycles. The Morgan fingerprint density at radius 2 is 1.72 bits per heavy atom. The number of anilines is 1. The van der Waals surface area contributed by atoms with Gasteiger partial charge < -0.3 is 5.32 Å². The first-order valence-electron chi connectivity index (χ1n) is 9.49. The number of nitrogens with zero attached hydrogens (tertiary/aromatic N) is 2. The summed E-state index contributed by atoms with van der Waals surface area (Å²) in [6.07, 6.45) is -4.51. The Morgan fingerprint density at radius 1 is 0.969 bits per heavy atom. The molecule has 3 aromatic rings. The maximum atomic E-state index is 12.9. The Hall–Kier alpha value is -3.65. The van der Waals surface area contributed by atoms with Gasteiger partial charge in [-0.1, -0.05) is 41.9 Å². The van der Waals surface area contributed by atoms with E-state index in [0.717, 1.165) is 23.3 Å². The van der Waals surface area contributed by atoms with Crippen LogP contribution in [0.25, 0.3) is 0 Å². The molecule has 0 bridgehead atoms. The van der Waals surface area contributed by atoms with Crippen LogP contribution in [0.15, 0.2) is 76.7 Å². The van der Waals surface area contributed by atoms with Crippen LogP contribution in [0.2, 0.25) is 5.02 Å². The largest absolute Gasteiger partial charge is 0.416 e. The van der Waals surface area contributed by atoms with E-state index in [2.05, 4.69) is 20.6 Å². The van der Waals surface area contributed by atoms with Crippen LogP contribution in [-0.4, -0.2) is 17.7 Å². The van der Waals surface area contributed by atoms with E-state index in [1.54, 1.807) is 30.3 Å². The fourth-order valence-electron chi connectivity index (χ4n) is 3.19. The number of carbonyl (C=O) groups is 1. The van der Waals surface area contributed by atoms with Gasteiger partial charge in [-0.15, -0.1) is 0 Å². The molecule has 3 aromatic carbocycles. The summed E-state index contributed by atoms with van der Waals surface area (Å²) in [6.45, 7) is 1.87. The van der Waals surface area contributed by atoms with Crippen LogP contribution in [0.1, 0.15) is 22.3 Å². The fraction of sp³-hybridized carbons (Fsp3) is 0.0870. The molecule has 5 nitrogen and oxygen atoms in total. The average molecular weight is 457 g/mol. The maximum Gasteiger partial charge on any atom is 0.416 e. The molecule has 2 amide bonds. The molecule has 0 fully saturated rings. The third-order valence-electron chi connectivity index (χ3n) is 4.71. The lowest BCUT2D eigenvalue weighted by Gasteiger charge is -2.11. The van der Waals surface area contributed by atoms with E-state index in [4.69, 9.17) is 11.6 Å². The van der Waals surface area contributed by atoms with Crippen LogP contribution in [0.5, 0.6) is 0 Å². The number of nitrogens with one attached hydrogen (secondary N) is 2. The van der Waals surface area contributed by atoms with E-state index < -0.39 is 17.8 Å². The highest BCUT2D eigenvalue weighted by Gasteiger charge is 2.30. The van der Waals surface area contributed by atoms with E-state index >= 15 is 0 Å². The molecule has 4 rings (SSSR count). The second-order valence-electron chi connectivity index (χ2n) is 7.03. The molecule has 0 aliphatic carbocycles. The molecular formula is C23H16ClF3N4O. The topological polar surface area (TPSA) is 65.8 Å². The number of alkyl halides is 3. The minimum absolute atomic E-state index is 0.00915. The van der Waals surface area contributed by atoms with Gasteiger partial charge in [0.05, 0.1) is 11.3 Å². The Bertz CT molecular complexity index is 1270. The lowest BCUT2D eigenvalue weighted by molar-refractivity contribution is -0.137. The summed E-state index contributed by atoms with van der Waals surface area (Å²) in [6, 6.07) is 16.2. The highest BCUT2D eigenvalue weighted by atomic mass is 35.5. The van der Waals surface area contributed by atoms with Crippen molar-refractivity contribution in [2.75, 3.05) is 5.32 Å². The first-order chi connectivity index (χ1) is 15.2. The zero-order valence-corrected chi connectivity index (χ0v) is 17.4. The Balaban J connectivity index is 1.59. The molecule has 0 atom stereocenters. The SMILES string of the molecule is Cc1cc(Cl)ccc1N=C1N=C(NC(=O)Nc2cccc(C(F)(F)F)c2)c2ccccc21. The van der Waals surface area contributed by atoms with Crippen molar-refractivity contribution in [3.63, 3.8) is 0 Å². The van der Waals surface area contributed by atoms with Crippen LogP contribution in [0.4, 0.5) is 29.3 Å². The lowest BCUT2D eigenvalue weighted by atomic mass is 10.1. The van der Waals surface area contributed by atoms with Gasteiger partial charge in [0.15, 0.2) is 5.84 Å². The summed E-state index contributed by atoms with van der Waals surface area (Å²) in [5.74, 6) is 0.649. The molecule has 1 heterocycles. The van der Waals surface area contributed by atoms with Gasteiger partial charge >= 0.3 is 12.2 Å². The first-order valence-corrected chi connectivity index (χ1v) is 9.87. The van der Waals surface area contributed by atoms with E-state index in [1.165, 1.54) is 12.1 Å². The average Bonchev–Trinajstić information content (AvgIpc) is 3.07. The molecule has 0 radical (unpaired) electrons. The Morgan fingerprint density at radius 3 is 2.44 bits per heavy atom. The third kappa shape index (κ3) is 4.65. The van der Waals surface area contributed by atoms with Crippen LogP contribution in [-0.2, 0) is 6.18 Å². The molecular weight excluding hydrogens is 441 g/mol. The number of carbonyl (C=O) groups excluding carboxylic acids is 1. The van der Waals surface area contributed by atoms with Crippen molar-refractivity contribution >= 4 is 40.7 Å². The van der Waals surface area contributed by atoms with Gasteiger partial charge in [-0.25, -0.2) is 14.8 Å². The van der Waals surface area contributed by atoms with E-state index in [-0.39, 0.29) is 11.5 Å². The van der Waals surface area contributed by atoms with Crippen LogP contribution >= 0.6 is 11.6 Å². The number of amidine groups is 2. The fourth-order valence-corrected chi connectivity index (χ4v) is 3.42. The maximum absolute atomic E-state index is 12.9. The number of rotatable bonds is 2. The van der Waals surface area contributed by atoms with Gasteiger partial charge in [0.1, 0.15) is 5.84 Å². The predicted molar refractivity (Wildman–Crippen MR) is 119 cm³/mol. The molecule has 1 aliphatic heterocycles. The van der Waals surface area contributed by atoms with Gasteiger partial charge in [-0.05, 0) is 48.9 Å². The van der Waals surface area contributed by atoms with Crippen molar-refractivity contribution in [3.8, 4) is 0 Å². The van der Waals surface area contributed by atoms with Crippen LogP contribution in [0, 0.1) is 6.92 Å². The molecule has 0 spiro atoms. The minimum atomic E-state index is -4.51. The van der Waals surface area contributed by atoms with Crippen molar-refractivity contribution in [1.82, 2.24) is 5.32 Å². The third-order valence-corrected chi connectivity index (χ3v) is 4.94. The molecule has 0 unspecified atom stereocenters. The van der Waals surface area contributed by atoms with E-state index in [0.29, 0.717) is 22.1 Å². The molecule has 162 valence electrons. The molecule has 32 heavy (non-hydrogen) atoms. The summed E-state index contributed by atoms with van der Waals surface area (Å²) < 4.78 is 38.7. The summed E-state index contributed by atoms with van der Waals surface area (Å²) in [5.41, 5.74) is 2.06. The number of halogens is 4. The van der Waals surface area contributed by atoms with Crippen molar-refractivity contribution < 1.29 is 18.0 Å². The second-order valence-corrected chi connectivity index (χ2v) is 7.47. The van der Waals surface area contributed by atoms with Gasteiger partial charge in [-0.3, -0.25) is 5.32 Å². The number of hydrogen-bond acceptors (Lipinski definition) is 2. The second kappa shape index (κ2) is 8.47. The summed E-state index contributed by atoms with van der Waals surface area (Å²) >= 11 is 6.00. The van der Waals surface area contributed by atoms with Crippen molar-refractivity contribution in [2.45, 2.75) is 13.1 Å². The quantitative estimate of drug-likeness (QED) is 0.465. The number of hydrogen-bond donors (Lipinski definition) is 2. The highest BCUT2D eigenvalue weighted by molar-refractivity contribution is 6.30. The smallest absolute Gasteiger partial charge is 0.308 e. The Kier molecular flexibility index (Phi) is 5.71. The van der Waals surface area contributed by atoms with Crippen molar-refractivity contribution in [3.05, 3.63) is 94.0 Å². The molecule has 0 aromatic heterocycles. The minimum Gasteiger partial charge on any atom is -0.308 e. The van der Waals surface area contributed by atoms with Gasteiger partial charge in [0.25, 0.3) is 0 Å². The number of amides is 2. The summed E-state index contributed by atoms with van der Waals surface area (Å²) in [5, 5.41) is 5.60. The first kappa shape index (κ1) is 21.6. The van der Waals surface area contributed by atoms with Crippen LogP contribution in [0.3, 0.4) is 0 Å². The number of aryl methyl sites for hydroxylation is 1. The van der Waals surface area contributed by atoms with Gasteiger partial charge in [0.2, 0.25) is 0 Å². The lowest BCUT2D eigenvalue weighted by Crippen LogP contribution is -2.34. The van der Waals surface area contributed by atoms with E-state index in [9.17, 15) is 18.0 Å². The molecule has 2 N–H and O–H groups in total. The normalized spacial score (nSPS) is 14.2. The van der Waals surface area contributed by atoms with Crippen molar-refractivity contribution in [2.24, 2.45) is 9.98 Å². The zero-order valence-electron chi connectivity index (χ0n) is 16.7. The molecule has 0 saturated carbocycles. The number of aliphatic imine (C=N–C) groups is 2. The summed E-state index contributed by atoms with van der Waals surface area (Å²) in [4.78, 5) is 21.5. The molecule has 1 aliphatic rings. The number of benzene rings is 3. The summed E-state index contributed by atoms with van der Waals surface area (Å²) in [7, 11) is 0. The number of fused-ring (bicyclic) bond motifs is 1. The standard InChI is InChI=1S/C23H16ClF3N4O/c1-13-11-15(24)9-10-19(13)29-20-17-7-2-3-8-18(17)21(30-20)31-22(32)28-16-6-4-5-14(12-16)23(25,26)27/h2-12H,1H3,(H2,28,29,30,31,32). The predicted octanol–water partition coefficient (Wildman–Crippen LogP) is 6.33. The number of urea groups is 1.